The summed E-state index contributed by atoms with van der Waals surface area (Å²) in [5.41, 5.74) is 0.0703. The lowest BCUT2D eigenvalue weighted by molar-refractivity contribution is -0.156. The summed E-state index contributed by atoms with van der Waals surface area (Å²) in [6, 6.07) is 5.73. The first-order valence-electron chi connectivity index (χ1n) is 6.68. The molecule has 0 aliphatic carbocycles. The van der Waals surface area contributed by atoms with Crippen LogP contribution in [-0.2, 0) is 19.1 Å². The Morgan fingerprint density at radius 1 is 1.36 bits per heavy atom. The molecule has 1 aromatic rings. The zero-order valence-corrected chi connectivity index (χ0v) is 11.6. The first-order valence-corrected chi connectivity index (χ1v) is 6.68. The maximum atomic E-state index is 12.2. The largest absolute Gasteiger partial charge is 0.454 e. The van der Waals surface area contributed by atoms with E-state index in [1.54, 1.807) is 6.07 Å². The Balaban J connectivity index is 1.85. The van der Waals surface area contributed by atoms with Gasteiger partial charge in [-0.1, -0.05) is 12.1 Å². The van der Waals surface area contributed by atoms with E-state index in [4.69, 9.17) is 9.47 Å². The Morgan fingerprint density at radius 2 is 2.14 bits per heavy atom. The number of benzene rings is 1. The van der Waals surface area contributed by atoms with Crippen LogP contribution in [0, 0.1) is 0 Å². The minimum Gasteiger partial charge on any atom is -0.454 e. The second-order valence-electron chi connectivity index (χ2n) is 4.53. The first kappa shape index (κ1) is 16.2. The molecular formula is C14H15F2NO5. The number of alkyl halides is 2. The minimum absolute atomic E-state index is 0.0703. The molecule has 6 nitrogen and oxygen atoms in total. The molecule has 1 aliphatic heterocycles. The van der Waals surface area contributed by atoms with E-state index in [0.29, 0.717) is 13.0 Å². The number of carbonyl (C=O) groups is 2. The van der Waals surface area contributed by atoms with Gasteiger partial charge in [-0.2, -0.15) is 8.78 Å². The van der Waals surface area contributed by atoms with Gasteiger partial charge in [0, 0.05) is 6.61 Å². The number of anilines is 1. The van der Waals surface area contributed by atoms with E-state index in [9.17, 15) is 18.4 Å². The van der Waals surface area contributed by atoms with Gasteiger partial charge >= 0.3 is 12.6 Å². The molecule has 1 atom stereocenters. The van der Waals surface area contributed by atoms with Crippen molar-refractivity contribution < 1.29 is 32.6 Å². The van der Waals surface area contributed by atoms with E-state index in [0.717, 1.165) is 6.42 Å². The van der Waals surface area contributed by atoms with Crippen molar-refractivity contribution in [1.29, 1.82) is 0 Å². The molecule has 0 unspecified atom stereocenters. The third kappa shape index (κ3) is 4.66. The molecule has 1 heterocycles. The highest BCUT2D eigenvalue weighted by atomic mass is 19.3. The average Bonchev–Trinajstić information content (AvgIpc) is 3.00. The van der Waals surface area contributed by atoms with Crippen molar-refractivity contribution in [3.8, 4) is 5.75 Å². The molecule has 1 aliphatic rings. The van der Waals surface area contributed by atoms with Crippen LogP contribution in [0.2, 0.25) is 0 Å². The van der Waals surface area contributed by atoms with Gasteiger partial charge in [-0.15, -0.1) is 0 Å². The lowest BCUT2D eigenvalue weighted by Gasteiger charge is -2.12. The van der Waals surface area contributed by atoms with Crippen molar-refractivity contribution in [3.05, 3.63) is 24.3 Å². The second-order valence-corrected chi connectivity index (χ2v) is 4.53. The molecule has 0 spiro atoms. The molecule has 0 bridgehead atoms. The maximum Gasteiger partial charge on any atom is 0.387 e. The number of amides is 1. The number of halogens is 2. The van der Waals surface area contributed by atoms with E-state index in [2.05, 4.69) is 10.1 Å². The highest BCUT2D eigenvalue weighted by molar-refractivity contribution is 5.94. The van der Waals surface area contributed by atoms with Crippen molar-refractivity contribution in [2.75, 3.05) is 18.5 Å². The summed E-state index contributed by atoms with van der Waals surface area (Å²) in [6.45, 7) is -3.04. The Morgan fingerprint density at radius 3 is 2.82 bits per heavy atom. The fourth-order valence-corrected chi connectivity index (χ4v) is 1.95. The highest BCUT2D eigenvalue weighted by Crippen LogP contribution is 2.25. The lowest BCUT2D eigenvalue weighted by atomic mass is 10.2. The van der Waals surface area contributed by atoms with Crippen LogP contribution in [-0.4, -0.2) is 37.8 Å². The van der Waals surface area contributed by atoms with Gasteiger partial charge in [0.05, 0.1) is 5.69 Å². The fourth-order valence-electron chi connectivity index (χ4n) is 1.95. The van der Waals surface area contributed by atoms with Crippen LogP contribution in [0.5, 0.6) is 5.75 Å². The summed E-state index contributed by atoms with van der Waals surface area (Å²) in [5, 5.41) is 2.35. The zero-order valence-electron chi connectivity index (χ0n) is 11.6. The van der Waals surface area contributed by atoms with E-state index >= 15 is 0 Å². The standard InChI is InChI=1S/C14H15F2NO5/c15-14(16)22-10-5-2-1-4-9(10)17-12(18)8-21-13(19)11-6-3-7-20-11/h1-2,4-5,11,14H,3,6-8H2,(H,17,18)/t11-/m0/s1. The Hall–Kier alpha value is -2.22. The van der Waals surface area contributed by atoms with E-state index in [-0.39, 0.29) is 11.4 Å². The summed E-state index contributed by atoms with van der Waals surface area (Å²) >= 11 is 0. The molecule has 1 saturated heterocycles. The monoisotopic (exact) mass is 315 g/mol. The van der Waals surface area contributed by atoms with Crippen LogP contribution in [0.15, 0.2) is 24.3 Å². The molecule has 22 heavy (non-hydrogen) atoms. The van der Waals surface area contributed by atoms with Crippen LogP contribution < -0.4 is 10.1 Å². The van der Waals surface area contributed by atoms with Crippen molar-refractivity contribution in [2.24, 2.45) is 0 Å². The Bertz CT molecular complexity index is 532. The number of ether oxygens (including phenoxy) is 3. The van der Waals surface area contributed by atoms with Gasteiger partial charge in [-0.3, -0.25) is 4.79 Å². The van der Waals surface area contributed by atoms with Gasteiger partial charge in [0.2, 0.25) is 0 Å². The zero-order chi connectivity index (χ0) is 15.9. The second kappa shape index (κ2) is 7.69. The first-order chi connectivity index (χ1) is 10.6. The minimum atomic E-state index is -3.00. The number of hydrogen-bond acceptors (Lipinski definition) is 5. The molecule has 1 amide bonds. The van der Waals surface area contributed by atoms with Crippen LogP contribution in [0.4, 0.5) is 14.5 Å². The van der Waals surface area contributed by atoms with Crippen LogP contribution in [0.25, 0.3) is 0 Å². The molecule has 1 N–H and O–H groups in total. The summed E-state index contributed by atoms with van der Waals surface area (Å²) in [4.78, 5) is 23.3. The van der Waals surface area contributed by atoms with Gasteiger partial charge in [-0.25, -0.2) is 4.79 Å². The summed E-state index contributed by atoms with van der Waals surface area (Å²) in [7, 11) is 0. The third-order valence-electron chi connectivity index (χ3n) is 2.92. The summed E-state index contributed by atoms with van der Waals surface area (Å²) in [5.74, 6) is -1.43. The van der Waals surface area contributed by atoms with Gasteiger partial charge in [0.15, 0.2) is 12.7 Å². The molecule has 0 saturated carbocycles. The van der Waals surface area contributed by atoms with Gasteiger partial charge in [0.1, 0.15) is 5.75 Å². The van der Waals surface area contributed by atoms with Crippen LogP contribution in [0.1, 0.15) is 12.8 Å². The fraction of sp³-hybridized carbons (Fsp3) is 0.429. The number of nitrogens with one attached hydrogen (secondary N) is 1. The molecule has 2 rings (SSSR count). The van der Waals surface area contributed by atoms with E-state index < -0.39 is 31.2 Å². The topological polar surface area (TPSA) is 73.9 Å². The van der Waals surface area contributed by atoms with Crippen molar-refractivity contribution >= 4 is 17.6 Å². The number of rotatable bonds is 6. The van der Waals surface area contributed by atoms with Gasteiger partial charge < -0.3 is 19.5 Å². The van der Waals surface area contributed by atoms with Crippen LogP contribution >= 0.6 is 0 Å². The van der Waals surface area contributed by atoms with Gasteiger partial charge in [0.25, 0.3) is 5.91 Å². The quantitative estimate of drug-likeness (QED) is 0.812. The molecule has 120 valence electrons. The molecule has 0 aromatic heterocycles. The summed E-state index contributed by atoms with van der Waals surface area (Å²) in [6.07, 6.45) is 0.692. The Labute approximate surface area is 125 Å². The van der Waals surface area contributed by atoms with E-state index in [1.807, 2.05) is 0 Å². The van der Waals surface area contributed by atoms with Gasteiger partial charge in [-0.05, 0) is 25.0 Å². The third-order valence-corrected chi connectivity index (χ3v) is 2.92. The van der Waals surface area contributed by atoms with Crippen molar-refractivity contribution in [2.45, 2.75) is 25.6 Å². The molecule has 8 heteroatoms. The van der Waals surface area contributed by atoms with E-state index in [1.165, 1.54) is 18.2 Å². The number of esters is 1. The SMILES string of the molecule is O=C(COC(=O)[C@@H]1CCCO1)Nc1ccccc1OC(F)F. The predicted molar refractivity (Wildman–Crippen MR) is 71.6 cm³/mol. The molecule has 1 fully saturated rings. The molecule has 0 radical (unpaired) electrons. The maximum absolute atomic E-state index is 12.2. The van der Waals surface area contributed by atoms with Crippen molar-refractivity contribution in [3.63, 3.8) is 0 Å². The predicted octanol–water partition coefficient (Wildman–Crippen LogP) is 1.95. The number of hydrogen-bond donors (Lipinski definition) is 1. The lowest BCUT2D eigenvalue weighted by Crippen LogP contribution is -2.27. The molecular weight excluding hydrogens is 300 g/mol. The van der Waals surface area contributed by atoms with Crippen LogP contribution in [0.3, 0.4) is 0 Å². The normalized spacial score (nSPS) is 17.3. The molecule has 1 aromatic carbocycles. The smallest absolute Gasteiger partial charge is 0.387 e. The number of para-hydroxylation sites is 2. The van der Waals surface area contributed by atoms with Crippen molar-refractivity contribution in [1.82, 2.24) is 0 Å². The highest BCUT2D eigenvalue weighted by Gasteiger charge is 2.25. The average molecular weight is 315 g/mol. The summed E-state index contributed by atoms with van der Waals surface area (Å²) < 4.78 is 38.7. The Kier molecular flexibility index (Phi) is 5.65. The number of carbonyl (C=O) groups excluding carboxylic acids is 2.